The highest BCUT2D eigenvalue weighted by molar-refractivity contribution is 6.03. The van der Waals surface area contributed by atoms with Gasteiger partial charge in [-0.2, -0.15) is 9.97 Å². The molecule has 37 heavy (non-hydrogen) atoms. The summed E-state index contributed by atoms with van der Waals surface area (Å²) in [5.41, 5.74) is 7.10. The zero-order valence-electron chi connectivity index (χ0n) is 20.5. The third kappa shape index (κ3) is 5.79. The van der Waals surface area contributed by atoms with E-state index in [0.29, 0.717) is 55.4 Å². The average molecular weight is 518 g/mol. The van der Waals surface area contributed by atoms with Gasteiger partial charge in [0, 0.05) is 63.5 Å². The maximum atomic E-state index is 13.8. The van der Waals surface area contributed by atoms with Crippen LogP contribution in [0.3, 0.4) is 0 Å². The molecular weight excluding hydrogens is 484 g/mol. The van der Waals surface area contributed by atoms with Crippen LogP contribution in [0.1, 0.15) is 49.6 Å². The number of nitrogen functional groups attached to an aromatic ring is 1. The zero-order valence-corrected chi connectivity index (χ0v) is 20.5. The number of anilines is 2. The Morgan fingerprint density at radius 3 is 2.76 bits per heavy atom. The van der Waals surface area contributed by atoms with Gasteiger partial charge in [0.15, 0.2) is 0 Å². The lowest BCUT2D eigenvalue weighted by Gasteiger charge is -2.33. The number of halogens is 2. The van der Waals surface area contributed by atoms with Crippen LogP contribution < -0.4 is 15.4 Å². The van der Waals surface area contributed by atoms with Crippen molar-refractivity contribution in [2.24, 2.45) is 5.92 Å². The molecule has 0 unspecified atom stereocenters. The molecule has 0 bridgehead atoms. The lowest BCUT2D eigenvalue weighted by Crippen LogP contribution is -2.37. The maximum Gasteiger partial charge on any atom is 0.319 e. The number of piperidine rings is 1. The van der Waals surface area contributed by atoms with Gasteiger partial charge in [-0.25, -0.2) is 13.8 Å². The summed E-state index contributed by atoms with van der Waals surface area (Å²) in [6.45, 7) is 1.46. The third-order valence-corrected chi connectivity index (χ3v) is 7.15. The number of pyridine rings is 1. The van der Waals surface area contributed by atoms with E-state index in [9.17, 15) is 13.6 Å². The number of amides is 1. The Balaban J connectivity index is 0.00000336. The summed E-state index contributed by atoms with van der Waals surface area (Å²) in [7, 11) is 0. The van der Waals surface area contributed by atoms with Crippen LogP contribution in [0.4, 0.5) is 20.4 Å². The predicted octanol–water partition coefficient (Wildman–Crippen LogP) is 3.02. The van der Waals surface area contributed by atoms with Gasteiger partial charge in [0.2, 0.25) is 0 Å². The van der Waals surface area contributed by atoms with Gasteiger partial charge in [-0.15, -0.1) is 0 Å². The predicted molar refractivity (Wildman–Crippen MR) is 134 cm³/mol. The van der Waals surface area contributed by atoms with Gasteiger partial charge >= 0.3 is 6.01 Å². The van der Waals surface area contributed by atoms with Crippen molar-refractivity contribution in [3.05, 3.63) is 35.7 Å². The number of nitrogens with one attached hydrogen (secondary N) is 1. The smallest absolute Gasteiger partial charge is 0.319 e. The largest absolute Gasteiger partial charge is 0.461 e. The van der Waals surface area contributed by atoms with Crippen LogP contribution in [0.2, 0.25) is 0 Å². The van der Waals surface area contributed by atoms with Gasteiger partial charge in [0.1, 0.15) is 23.9 Å². The van der Waals surface area contributed by atoms with Crippen LogP contribution in [0.25, 0.3) is 0 Å². The van der Waals surface area contributed by atoms with Gasteiger partial charge in [-0.3, -0.25) is 4.79 Å². The van der Waals surface area contributed by atoms with Crippen molar-refractivity contribution in [3.63, 3.8) is 0 Å². The van der Waals surface area contributed by atoms with Crippen LogP contribution in [0.5, 0.6) is 6.01 Å². The molecule has 0 aromatic carbocycles. The molecule has 3 N–H and O–H groups in total. The lowest BCUT2D eigenvalue weighted by molar-refractivity contribution is 0.0119. The topological polar surface area (TPSA) is 131 Å². The van der Waals surface area contributed by atoms with Crippen LogP contribution in [-0.4, -0.2) is 82.9 Å². The molecule has 5 rings (SSSR count). The number of carbonyl (C=O) groups excluding carboxylic acids is 1. The number of nitrogens with zero attached hydrogens (tertiary/aromatic N) is 5. The summed E-state index contributed by atoms with van der Waals surface area (Å²) >= 11 is 0. The second kappa shape index (κ2) is 10.5. The second-order valence-corrected chi connectivity index (χ2v) is 9.78. The fraction of sp³-hybridized carbons (Fsp3) is 0.560. The van der Waals surface area contributed by atoms with Gasteiger partial charge < -0.3 is 30.4 Å². The first kappa shape index (κ1) is 25.2. The molecule has 1 amide bonds. The summed E-state index contributed by atoms with van der Waals surface area (Å²) in [5.74, 6) is -2.61. The van der Waals surface area contributed by atoms with E-state index >= 15 is 0 Å². The summed E-state index contributed by atoms with van der Waals surface area (Å²) < 4.78 is 38.9. The van der Waals surface area contributed by atoms with E-state index in [2.05, 4.69) is 15.0 Å². The number of ether oxygens (including phenoxy) is 2. The van der Waals surface area contributed by atoms with Gasteiger partial charge in [0.05, 0.1) is 12.6 Å². The number of hydrogen-bond acceptors (Lipinski definition) is 9. The molecule has 1 atom stereocenters. The molecule has 12 heteroatoms. The van der Waals surface area contributed by atoms with Crippen molar-refractivity contribution < 1.29 is 24.5 Å². The van der Waals surface area contributed by atoms with Crippen LogP contribution >= 0.6 is 0 Å². The van der Waals surface area contributed by atoms with E-state index < -0.39 is 18.4 Å². The molecule has 5 heterocycles. The fourth-order valence-electron chi connectivity index (χ4n) is 5.03. The second-order valence-electron chi connectivity index (χ2n) is 9.78. The van der Waals surface area contributed by atoms with Crippen molar-refractivity contribution >= 4 is 23.3 Å². The summed E-state index contributed by atoms with van der Waals surface area (Å²) in [6, 6.07) is 5.14. The summed E-state index contributed by atoms with van der Waals surface area (Å²) in [6.07, 6.45) is 4.37. The Labute approximate surface area is 215 Å². The monoisotopic (exact) mass is 517 g/mol. The summed E-state index contributed by atoms with van der Waals surface area (Å²) in [4.78, 5) is 29.1. The van der Waals surface area contributed by atoms with Crippen molar-refractivity contribution in [1.29, 1.82) is 5.41 Å². The molecule has 0 aliphatic carbocycles. The zero-order chi connectivity index (χ0) is 26.0. The molecule has 3 aliphatic heterocycles. The molecule has 0 radical (unpaired) electrons. The third-order valence-electron chi connectivity index (χ3n) is 7.15. The standard InChI is InChI=1S/C25H31F2N7O3.H2/c26-25(27)7-11-34(15-25)23(35)19-13-20(32-24(31-19)37-14-17-3-2-12-36-17)33-9-5-16(6-10-33)21(28)18-4-1-8-30-22(18)29;/h1,4,8,13,16-17,28H,2-3,5-7,9-12,14-15H2,(H2,29,30);1H/t17-;/m1./s1. The molecule has 2 aromatic rings. The Hall–Kier alpha value is -3.41. The van der Waals surface area contributed by atoms with Crippen molar-refractivity contribution in [1.82, 2.24) is 19.9 Å². The molecule has 3 saturated heterocycles. The van der Waals surface area contributed by atoms with E-state index in [1.165, 1.54) is 0 Å². The molecule has 2 aromatic heterocycles. The lowest BCUT2D eigenvalue weighted by atomic mass is 9.88. The Morgan fingerprint density at radius 1 is 1.27 bits per heavy atom. The van der Waals surface area contributed by atoms with Crippen LogP contribution in [-0.2, 0) is 4.74 Å². The summed E-state index contributed by atoms with van der Waals surface area (Å²) in [5, 5.41) is 8.62. The van der Waals surface area contributed by atoms with E-state index in [-0.39, 0.29) is 44.7 Å². The number of aromatic nitrogens is 3. The number of alkyl halides is 2. The highest BCUT2D eigenvalue weighted by Gasteiger charge is 2.41. The van der Waals surface area contributed by atoms with Crippen LogP contribution in [0, 0.1) is 11.3 Å². The number of carbonyl (C=O) groups is 1. The Bertz CT molecular complexity index is 1160. The molecular formula is C25H33F2N7O3. The molecule has 10 nitrogen and oxygen atoms in total. The quantitative estimate of drug-likeness (QED) is 0.536. The highest BCUT2D eigenvalue weighted by atomic mass is 19.3. The molecule has 0 spiro atoms. The molecule has 3 aliphatic rings. The van der Waals surface area contributed by atoms with Crippen molar-refractivity contribution in [2.45, 2.75) is 44.1 Å². The Morgan fingerprint density at radius 2 is 2.08 bits per heavy atom. The first-order chi connectivity index (χ1) is 17.8. The Kier molecular flexibility index (Phi) is 7.18. The molecule has 3 fully saturated rings. The SMILES string of the molecule is N=C(c1cccnc1N)C1CCN(c2cc(C(=O)N3CCC(F)(F)C3)nc(OC[C@H]3CCCO3)n2)CC1.[HH]. The molecule has 200 valence electrons. The van der Waals surface area contributed by atoms with Crippen molar-refractivity contribution in [3.8, 4) is 6.01 Å². The van der Waals surface area contributed by atoms with Crippen LogP contribution in [0.15, 0.2) is 24.4 Å². The van der Waals surface area contributed by atoms with Crippen molar-refractivity contribution in [2.75, 3.05) is 50.0 Å². The minimum absolute atomic E-state index is 0. The minimum atomic E-state index is -2.89. The van der Waals surface area contributed by atoms with Gasteiger partial charge in [0.25, 0.3) is 11.8 Å². The number of hydrogen-bond donors (Lipinski definition) is 2. The first-order valence-electron chi connectivity index (χ1n) is 12.6. The average Bonchev–Trinajstić information content (AvgIpc) is 3.56. The van der Waals surface area contributed by atoms with Gasteiger partial charge in [-0.1, -0.05) is 0 Å². The number of nitrogens with two attached hydrogens (primary N) is 1. The maximum absolute atomic E-state index is 13.8. The fourth-order valence-corrected chi connectivity index (χ4v) is 5.03. The molecule has 0 saturated carbocycles. The van der Waals surface area contributed by atoms with E-state index in [4.69, 9.17) is 20.6 Å². The minimum Gasteiger partial charge on any atom is -0.461 e. The number of likely N-dealkylation sites (tertiary alicyclic amines) is 1. The number of rotatable bonds is 7. The van der Waals surface area contributed by atoms with Gasteiger partial charge in [-0.05, 0) is 37.8 Å². The highest BCUT2D eigenvalue weighted by Crippen LogP contribution is 2.30. The van der Waals surface area contributed by atoms with E-state index in [0.717, 1.165) is 17.7 Å². The normalized spacial score (nSPS) is 21.8. The first-order valence-corrected chi connectivity index (χ1v) is 12.6. The van der Waals surface area contributed by atoms with E-state index in [1.54, 1.807) is 24.4 Å². The van der Waals surface area contributed by atoms with E-state index in [1.807, 2.05) is 4.90 Å².